The van der Waals surface area contributed by atoms with Crippen LogP contribution in [0.3, 0.4) is 0 Å². The third-order valence-electron chi connectivity index (χ3n) is 5.92. The van der Waals surface area contributed by atoms with E-state index in [1.54, 1.807) is 14.0 Å². The van der Waals surface area contributed by atoms with Crippen molar-refractivity contribution in [3.05, 3.63) is 17.5 Å². The van der Waals surface area contributed by atoms with Gasteiger partial charge in [0.1, 0.15) is 11.2 Å². The standard InChI is InChI=1S/C20H31N5O3/c1-13(2)9-10-21-19(28)20(3)12-25-16(18(27)24(20)4)11-15(23-25)17(26)22-14-7-5-6-8-14/h11,13-14H,5-10,12H2,1-4H3,(H,21,28)(H,22,26)/t20-/m1/s1. The van der Waals surface area contributed by atoms with E-state index in [4.69, 9.17) is 0 Å². The quantitative estimate of drug-likeness (QED) is 0.772. The first-order chi connectivity index (χ1) is 13.2. The Morgan fingerprint density at radius 2 is 2.00 bits per heavy atom. The van der Waals surface area contributed by atoms with Crippen LogP contribution in [0.5, 0.6) is 0 Å². The molecule has 3 rings (SSSR count). The molecule has 0 bridgehead atoms. The van der Waals surface area contributed by atoms with E-state index in [1.807, 2.05) is 0 Å². The molecule has 2 heterocycles. The number of nitrogens with zero attached hydrogens (tertiary/aromatic N) is 3. The van der Waals surface area contributed by atoms with Crippen LogP contribution in [-0.2, 0) is 11.3 Å². The maximum Gasteiger partial charge on any atom is 0.272 e. The van der Waals surface area contributed by atoms with Crippen LogP contribution in [0, 0.1) is 5.92 Å². The van der Waals surface area contributed by atoms with Gasteiger partial charge in [0, 0.05) is 25.7 Å². The molecule has 2 N–H and O–H groups in total. The Morgan fingerprint density at radius 1 is 1.32 bits per heavy atom. The molecule has 1 atom stereocenters. The minimum Gasteiger partial charge on any atom is -0.354 e. The van der Waals surface area contributed by atoms with Crippen molar-refractivity contribution in [3.8, 4) is 0 Å². The first-order valence-corrected chi connectivity index (χ1v) is 10.2. The Kier molecular flexibility index (Phi) is 5.76. The largest absolute Gasteiger partial charge is 0.354 e. The smallest absolute Gasteiger partial charge is 0.272 e. The van der Waals surface area contributed by atoms with Gasteiger partial charge in [0.25, 0.3) is 11.8 Å². The maximum absolute atomic E-state index is 12.9. The first-order valence-electron chi connectivity index (χ1n) is 10.2. The summed E-state index contributed by atoms with van der Waals surface area (Å²) in [6, 6.07) is 1.71. The lowest BCUT2D eigenvalue weighted by Crippen LogP contribution is -2.62. The van der Waals surface area contributed by atoms with E-state index < -0.39 is 5.54 Å². The fourth-order valence-corrected chi connectivity index (χ4v) is 3.83. The molecule has 2 aliphatic rings. The highest BCUT2D eigenvalue weighted by atomic mass is 16.2. The highest BCUT2D eigenvalue weighted by molar-refractivity contribution is 6.01. The third kappa shape index (κ3) is 3.91. The van der Waals surface area contributed by atoms with E-state index >= 15 is 0 Å². The third-order valence-corrected chi connectivity index (χ3v) is 5.92. The van der Waals surface area contributed by atoms with Crippen LogP contribution in [0.4, 0.5) is 0 Å². The molecule has 1 aliphatic heterocycles. The number of amides is 3. The number of carbonyl (C=O) groups is 3. The van der Waals surface area contributed by atoms with Crippen molar-refractivity contribution < 1.29 is 14.4 Å². The van der Waals surface area contributed by atoms with Gasteiger partial charge in [-0.15, -0.1) is 0 Å². The predicted octanol–water partition coefficient (Wildman–Crippen LogP) is 1.56. The van der Waals surface area contributed by atoms with Crippen LogP contribution in [0.2, 0.25) is 0 Å². The Hall–Kier alpha value is -2.38. The first kappa shape index (κ1) is 20.4. The zero-order valence-corrected chi connectivity index (χ0v) is 17.2. The number of hydrogen-bond donors (Lipinski definition) is 2. The van der Waals surface area contributed by atoms with Crippen LogP contribution in [0.15, 0.2) is 6.07 Å². The van der Waals surface area contributed by atoms with E-state index in [9.17, 15) is 14.4 Å². The van der Waals surface area contributed by atoms with Gasteiger partial charge in [-0.25, -0.2) is 0 Å². The number of hydrogen-bond acceptors (Lipinski definition) is 4. The zero-order valence-electron chi connectivity index (χ0n) is 17.2. The molecule has 0 spiro atoms. The maximum atomic E-state index is 12.9. The number of fused-ring (bicyclic) bond motifs is 1. The van der Waals surface area contributed by atoms with Gasteiger partial charge in [0.15, 0.2) is 5.69 Å². The molecule has 0 aromatic carbocycles. The molecular formula is C20H31N5O3. The summed E-state index contributed by atoms with van der Waals surface area (Å²) in [5.41, 5.74) is -0.480. The second kappa shape index (κ2) is 7.93. The van der Waals surface area contributed by atoms with Crippen molar-refractivity contribution in [1.29, 1.82) is 0 Å². The summed E-state index contributed by atoms with van der Waals surface area (Å²) >= 11 is 0. The summed E-state index contributed by atoms with van der Waals surface area (Å²) in [5.74, 6) is -0.285. The topological polar surface area (TPSA) is 96.3 Å². The van der Waals surface area contributed by atoms with Gasteiger partial charge in [-0.05, 0) is 32.1 Å². The van der Waals surface area contributed by atoms with Gasteiger partial charge in [-0.2, -0.15) is 5.10 Å². The molecule has 28 heavy (non-hydrogen) atoms. The SMILES string of the molecule is CC(C)CCNC(=O)[C@@]1(C)Cn2nc(C(=O)NC3CCCC3)cc2C(=O)N1C. The molecule has 154 valence electrons. The molecule has 8 nitrogen and oxygen atoms in total. The second-order valence-corrected chi connectivity index (χ2v) is 8.60. The van der Waals surface area contributed by atoms with Gasteiger partial charge in [0.2, 0.25) is 5.91 Å². The molecule has 3 amide bonds. The summed E-state index contributed by atoms with van der Waals surface area (Å²) in [7, 11) is 1.62. The van der Waals surface area contributed by atoms with Gasteiger partial charge < -0.3 is 15.5 Å². The molecular weight excluding hydrogens is 358 g/mol. The fraction of sp³-hybridized carbons (Fsp3) is 0.700. The van der Waals surface area contributed by atoms with Gasteiger partial charge in [-0.3, -0.25) is 19.1 Å². The molecule has 1 aliphatic carbocycles. The average molecular weight is 390 g/mol. The Bertz CT molecular complexity index is 766. The van der Waals surface area contributed by atoms with Crippen molar-refractivity contribution in [2.75, 3.05) is 13.6 Å². The van der Waals surface area contributed by atoms with E-state index in [2.05, 4.69) is 29.6 Å². The molecule has 1 fully saturated rings. The summed E-state index contributed by atoms with van der Waals surface area (Å²) in [4.78, 5) is 39.6. The average Bonchev–Trinajstić information content (AvgIpc) is 3.29. The predicted molar refractivity (Wildman–Crippen MR) is 105 cm³/mol. The lowest BCUT2D eigenvalue weighted by atomic mass is 9.95. The van der Waals surface area contributed by atoms with Crippen LogP contribution < -0.4 is 10.6 Å². The Morgan fingerprint density at radius 3 is 2.64 bits per heavy atom. The van der Waals surface area contributed by atoms with Crippen molar-refractivity contribution in [2.24, 2.45) is 5.92 Å². The van der Waals surface area contributed by atoms with E-state index in [0.717, 1.165) is 32.1 Å². The summed E-state index contributed by atoms with van der Waals surface area (Å²) < 4.78 is 1.49. The number of likely N-dealkylation sites (N-methyl/N-ethyl adjacent to an activating group) is 1. The molecule has 0 radical (unpaired) electrons. The fourth-order valence-electron chi connectivity index (χ4n) is 3.83. The Labute approximate surface area is 166 Å². The summed E-state index contributed by atoms with van der Waals surface area (Å²) in [6.07, 6.45) is 5.08. The van der Waals surface area contributed by atoms with Crippen molar-refractivity contribution in [3.63, 3.8) is 0 Å². The monoisotopic (exact) mass is 389 g/mol. The second-order valence-electron chi connectivity index (χ2n) is 8.60. The number of rotatable bonds is 6. The lowest BCUT2D eigenvalue weighted by Gasteiger charge is -2.40. The highest BCUT2D eigenvalue weighted by Gasteiger charge is 2.46. The minimum absolute atomic E-state index is 0.182. The van der Waals surface area contributed by atoms with Crippen LogP contribution >= 0.6 is 0 Å². The molecule has 1 aromatic rings. The molecule has 0 saturated heterocycles. The van der Waals surface area contributed by atoms with Crippen molar-refractivity contribution >= 4 is 17.7 Å². The van der Waals surface area contributed by atoms with Crippen molar-refractivity contribution in [2.45, 2.75) is 71.0 Å². The van der Waals surface area contributed by atoms with Crippen LogP contribution in [-0.4, -0.2) is 57.6 Å². The molecule has 0 unspecified atom stereocenters. The number of nitrogens with one attached hydrogen (secondary N) is 2. The van der Waals surface area contributed by atoms with Gasteiger partial charge in [-0.1, -0.05) is 26.7 Å². The zero-order chi connectivity index (χ0) is 20.5. The lowest BCUT2D eigenvalue weighted by molar-refractivity contribution is -0.132. The highest BCUT2D eigenvalue weighted by Crippen LogP contribution is 2.26. The molecule has 1 saturated carbocycles. The van der Waals surface area contributed by atoms with Crippen LogP contribution in [0.1, 0.15) is 73.9 Å². The summed E-state index contributed by atoms with van der Waals surface area (Å²) in [5, 5.41) is 10.3. The number of aromatic nitrogens is 2. The summed E-state index contributed by atoms with van der Waals surface area (Å²) in [6.45, 7) is 6.71. The minimum atomic E-state index is -1.05. The molecule has 1 aromatic heterocycles. The van der Waals surface area contributed by atoms with Gasteiger partial charge in [0.05, 0.1) is 6.54 Å². The number of carbonyl (C=O) groups excluding carboxylic acids is 3. The molecule has 8 heteroatoms. The van der Waals surface area contributed by atoms with E-state index in [0.29, 0.717) is 18.2 Å². The van der Waals surface area contributed by atoms with E-state index in [-0.39, 0.29) is 36.0 Å². The Balaban J connectivity index is 1.75. The van der Waals surface area contributed by atoms with Crippen molar-refractivity contribution in [1.82, 2.24) is 25.3 Å². The van der Waals surface area contributed by atoms with Crippen LogP contribution in [0.25, 0.3) is 0 Å². The normalized spacial score (nSPS) is 22.5. The van der Waals surface area contributed by atoms with Gasteiger partial charge >= 0.3 is 0 Å². The van der Waals surface area contributed by atoms with E-state index in [1.165, 1.54) is 15.6 Å².